The van der Waals surface area contributed by atoms with Crippen molar-refractivity contribution >= 4 is 23.2 Å². The van der Waals surface area contributed by atoms with E-state index in [0.717, 1.165) is 5.56 Å². The first kappa shape index (κ1) is 11.5. The van der Waals surface area contributed by atoms with E-state index in [-0.39, 0.29) is 5.91 Å². The van der Waals surface area contributed by atoms with Gasteiger partial charge in [-0.05, 0) is 37.6 Å². The summed E-state index contributed by atoms with van der Waals surface area (Å²) in [5.74, 6) is -0.956. The minimum absolute atomic E-state index is 0.303. The summed E-state index contributed by atoms with van der Waals surface area (Å²) in [6.07, 6.45) is 0. The molecule has 4 heteroatoms. The van der Waals surface area contributed by atoms with Crippen LogP contribution in [-0.2, 0) is 4.79 Å². The Kier molecular flexibility index (Phi) is 3.70. The number of nitrogens with one attached hydrogen (secondary N) is 1. The van der Waals surface area contributed by atoms with Crippen LogP contribution in [0.4, 0.5) is 5.69 Å². The third kappa shape index (κ3) is 2.97. The fraction of sp³-hybridized carbons (Fsp3) is 0.273. The standard InChI is InChI=1S/C11H11ClN2O/c1-7-5-9(12)3-4-10(7)14-11(15)8(2)6-13/h3-5,8H,1-2H3,(H,14,15). The predicted molar refractivity (Wildman–Crippen MR) is 59.6 cm³/mol. The van der Waals surface area contributed by atoms with Gasteiger partial charge >= 0.3 is 0 Å². The molecular weight excluding hydrogens is 212 g/mol. The zero-order valence-electron chi connectivity index (χ0n) is 8.54. The van der Waals surface area contributed by atoms with Gasteiger partial charge in [-0.3, -0.25) is 4.79 Å². The van der Waals surface area contributed by atoms with Crippen molar-refractivity contribution in [1.82, 2.24) is 0 Å². The average Bonchev–Trinajstić information content (AvgIpc) is 2.20. The number of benzene rings is 1. The normalized spacial score (nSPS) is 11.6. The van der Waals surface area contributed by atoms with E-state index in [4.69, 9.17) is 16.9 Å². The average molecular weight is 223 g/mol. The molecule has 0 aliphatic rings. The molecule has 1 atom stereocenters. The summed E-state index contributed by atoms with van der Waals surface area (Å²) in [5, 5.41) is 11.9. The van der Waals surface area contributed by atoms with Crippen LogP contribution in [0.2, 0.25) is 5.02 Å². The van der Waals surface area contributed by atoms with Crippen LogP contribution in [0.3, 0.4) is 0 Å². The van der Waals surface area contributed by atoms with E-state index in [1.807, 2.05) is 13.0 Å². The number of rotatable bonds is 2. The van der Waals surface area contributed by atoms with Crippen molar-refractivity contribution in [3.05, 3.63) is 28.8 Å². The number of hydrogen-bond acceptors (Lipinski definition) is 2. The van der Waals surface area contributed by atoms with Crippen molar-refractivity contribution in [2.24, 2.45) is 5.92 Å². The van der Waals surface area contributed by atoms with Crippen molar-refractivity contribution in [2.75, 3.05) is 5.32 Å². The van der Waals surface area contributed by atoms with Gasteiger partial charge in [0.2, 0.25) is 5.91 Å². The molecule has 0 heterocycles. The minimum atomic E-state index is -0.653. The van der Waals surface area contributed by atoms with Crippen molar-refractivity contribution in [3.63, 3.8) is 0 Å². The molecule has 1 aromatic carbocycles. The van der Waals surface area contributed by atoms with E-state index >= 15 is 0 Å². The molecular formula is C11H11ClN2O. The summed E-state index contributed by atoms with van der Waals surface area (Å²) in [5.41, 5.74) is 1.56. The zero-order valence-corrected chi connectivity index (χ0v) is 9.30. The first-order valence-corrected chi connectivity index (χ1v) is 4.89. The molecule has 1 amide bonds. The molecule has 78 valence electrons. The molecule has 0 fully saturated rings. The highest BCUT2D eigenvalue weighted by atomic mass is 35.5. The molecule has 0 aliphatic carbocycles. The molecule has 0 radical (unpaired) electrons. The summed E-state index contributed by atoms with van der Waals surface area (Å²) < 4.78 is 0. The maximum absolute atomic E-state index is 11.4. The summed E-state index contributed by atoms with van der Waals surface area (Å²) >= 11 is 5.78. The zero-order chi connectivity index (χ0) is 11.4. The fourth-order valence-corrected chi connectivity index (χ4v) is 1.29. The van der Waals surface area contributed by atoms with Crippen molar-refractivity contribution in [2.45, 2.75) is 13.8 Å². The van der Waals surface area contributed by atoms with E-state index in [9.17, 15) is 4.79 Å². The second kappa shape index (κ2) is 4.81. The molecule has 0 aliphatic heterocycles. The quantitative estimate of drug-likeness (QED) is 0.837. The van der Waals surface area contributed by atoms with Gasteiger partial charge in [0.05, 0.1) is 6.07 Å². The van der Waals surface area contributed by atoms with Crippen LogP contribution in [-0.4, -0.2) is 5.91 Å². The Morgan fingerprint density at radius 1 is 1.60 bits per heavy atom. The third-order valence-corrected chi connectivity index (χ3v) is 2.27. The van der Waals surface area contributed by atoms with Crippen molar-refractivity contribution < 1.29 is 4.79 Å². The molecule has 15 heavy (non-hydrogen) atoms. The maximum Gasteiger partial charge on any atom is 0.241 e. The fourth-order valence-electron chi connectivity index (χ4n) is 1.07. The van der Waals surface area contributed by atoms with Gasteiger partial charge in [-0.25, -0.2) is 0 Å². The Morgan fingerprint density at radius 3 is 2.80 bits per heavy atom. The highest BCUT2D eigenvalue weighted by Gasteiger charge is 2.12. The lowest BCUT2D eigenvalue weighted by molar-refractivity contribution is -0.117. The van der Waals surface area contributed by atoms with Crippen LogP contribution in [0.15, 0.2) is 18.2 Å². The van der Waals surface area contributed by atoms with Crippen molar-refractivity contribution in [1.29, 1.82) is 5.26 Å². The number of aryl methyl sites for hydroxylation is 1. The smallest absolute Gasteiger partial charge is 0.241 e. The lowest BCUT2D eigenvalue weighted by atomic mass is 10.1. The number of carbonyl (C=O) groups excluding carboxylic acids is 1. The summed E-state index contributed by atoms with van der Waals surface area (Å²) in [7, 11) is 0. The Bertz CT molecular complexity index is 423. The van der Waals surface area contributed by atoms with Gasteiger partial charge in [-0.15, -0.1) is 0 Å². The van der Waals surface area contributed by atoms with Crippen LogP contribution in [0.5, 0.6) is 0 Å². The van der Waals surface area contributed by atoms with Crippen LogP contribution < -0.4 is 5.32 Å². The largest absolute Gasteiger partial charge is 0.325 e. The number of nitrogens with zero attached hydrogens (tertiary/aromatic N) is 1. The number of amides is 1. The lowest BCUT2D eigenvalue weighted by Gasteiger charge is -2.09. The maximum atomic E-state index is 11.4. The molecule has 0 saturated carbocycles. The van der Waals surface area contributed by atoms with Gasteiger partial charge in [0.1, 0.15) is 5.92 Å². The molecule has 0 saturated heterocycles. The number of carbonyl (C=O) groups is 1. The Hall–Kier alpha value is -1.53. The van der Waals surface area contributed by atoms with E-state index < -0.39 is 5.92 Å². The first-order valence-electron chi connectivity index (χ1n) is 4.51. The number of nitriles is 1. The lowest BCUT2D eigenvalue weighted by Crippen LogP contribution is -2.19. The monoisotopic (exact) mass is 222 g/mol. The molecule has 1 unspecified atom stereocenters. The van der Waals surface area contributed by atoms with Crippen LogP contribution in [0.25, 0.3) is 0 Å². The highest BCUT2D eigenvalue weighted by Crippen LogP contribution is 2.19. The molecule has 1 N–H and O–H groups in total. The molecule has 0 spiro atoms. The second-order valence-electron chi connectivity index (χ2n) is 3.30. The van der Waals surface area contributed by atoms with E-state index in [0.29, 0.717) is 10.7 Å². The van der Waals surface area contributed by atoms with Gasteiger partial charge in [-0.1, -0.05) is 11.6 Å². The predicted octanol–water partition coefficient (Wildman–Crippen LogP) is 2.75. The van der Waals surface area contributed by atoms with Gasteiger partial charge in [0, 0.05) is 10.7 Å². The Balaban J connectivity index is 2.82. The molecule has 0 bridgehead atoms. The van der Waals surface area contributed by atoms with Crippen molar-refractivity contribution in [3.8, 4) is 6.07 Å². The van der Waals surface area contributed by atoms with Crippen LogP contribution >= 0.6 is 11.6 Å². The van der Waals surface area contributed by atoms with Gasteiger partial charge < -0.3 is 5.32 Å². The summed E-state index contributed by atoms with van der Waals surface area (Å²) in [6.45, 7) is 3.40. The van der Waals surface area contributed by atoms with E-state index in [2.05, 4.69) is 5.32 Å². The number of anilines is 1. The van der Waals surface area contributed by atoms with E-state index in [1.54, 1.807) is 25.1 Å². The number of halogens is 1. The van der Waals surface area contributed by atoms with E-state index in [1.165, 1.54) is 0 Å². The van der Waals surface area contributed by atoms with Gasteiger partial charge in [0.25, 0.3) is 0 Å². The first-order chi connectivity index (χ1) is 7.04. The second-order valence-corrected chi connectivity index (χ2v) is 3.74. The molecule has 3 nitrogen and oxygen atoms in total. The summed E-state index contributed by atoms with van der Waals surface area (Å²) in [6, 6.07) is 7.05. The SMILES string of the molecule is Cc1cc(Cl)ccc1NC(=O)C(C)C#N. The highest BCUT2D eigenvalue weighted by molar-refractivity contribution is 6.30. The molecule has 0 aromatic heterocycles. The molecule has 1 aromatic rings. The van der Waals surface area contributed by atoms with Crippen LogP contribution in [0, 0.1) is 24.2 Å². The minimum Gasteiger partial charge on any atom is -0.325 e. The summed E-state index contributed by atoms with van der Waals surface area (Å²) in [4.78, 5) is 11.4. The Labute approximate surface area is 93.7 Å². The topological polar surface area (TPSA) is 52.9 Å². The number of hydrogen-bond donors (Lipinski definition) is 1. The van der Waals surface area contributed by atoms with Gasteiger partial charge in [-0.2, -0.15) is 5.26 Å². The third-order valence-electron chi connectivity index (χ3n) is 2.03. The van der Waals surface area contributed by atoms with Crippen LogP contribution in [0.1, 0.15) is 12.5 Å². The van der Waals surface area contributed by atoms with Gasteiger partial charge in [0.15, 0.2) is 0 Å². The molecule has 1 rings (SSSR count). The Morgan fingerprint density at radius 2 is 2.27 bits per heavy atom.